The summed E-state index contributed by atoms with van der Waals surface area (Å²) < 4.78 is 11.0. The van der Waals surface area contributed by atoms with Gasteiger partial charge in [0.2, 0.25) is 0 Å². The predicted molar refractivity (Wildman–Crippen MR) is 95.2 cm³/mol. The van der Waals surface area contributed by atoms with Gasteiger partial charge in [-0.2, -0.15) is 0 Å². The molecule has 0 aromatic heterocycles. The number of hydrogen-bond donors (Lipinski definition) is 2. The number of amides is 1. The van der Waals surface area contributed by atoms with Crippen molar-refractivity contribution in [2.75, 3.05) is 19.5 Å². The molecule has 1 amide bonds. The molecule has 0 bridgehead atoms. The number of carbonyl (C=O) groups excluding carboxylic acids is 2. The lowest BCUT2D eigenvalue weighted by Crippen LogP contribution is -2.36. The van der Waals surface area contributed by atoms with Gasteiger partial charge in [0.25, 0.3) is 5.91 Å². The molecule has 7 heteroatoms. The molecule has 1 aliphatic heterocycles. The van der Waals surface area contributed by atoms with E-state index < -0.39 is 23.7 Å². The molecule has 2 N–H and O–H groups in total. The highest BCUT2D eigenvalue weighted by atomic mass is 79.9. The van der Waals surface area contributed by atoms with E-state index in [-0.39, 0.29) is 5.56 Å². The average Bonchev–Trinajstić information content (AvgIpc) is 2.84. The molecule has 0 radical (unpaired) electrons. The summed E-state index contributed by atoms with van der Waals surface area (Å²) in [6.07, 6.45) is -0.398. The second kappa shape index (κ2) is 6.50. The molecular formula is C18H16BrNO5. The van der Waals surface area contributed by atoms with E-state index in [0.717, 1.165) is 0 Å². The lowest BCUT2D eigenvalue weighted by Gasteiger charge is -2.21. The van der Waals surface area contributed by atoms with Crippen molar-refractivity contribution in [1.29, 1.82) is 0 Å². The Bertz CT molecular complexity index is 867. The first-order chi connectivity index (χ1) is 11.9. The zero-order valence-electron chi connectivity index (χ0n) is 13.6. The van der Waals surface area contributed by atoms with Gasteiger partial charge in [0.1, 0.15) is 11.5 Å². The Hall–Kier alpha value is -2.38. The molecule has 0 saturated heterocycles. The molecule has 3 rings (SSSR count). The summed E-state index contributed by atoms with van der Waals surface area (Å²) >= 11 is 3.32. The van der Waals surface area contributed by atoms with E-state index in [2.05, 4.69) is 21.2 Å². The van der Waals surface area contributed by atoms with E-state index in [1.807, 2.05) is 0 Å². The van der Waals surface area contributed by atoms with Crippen molar-refractivity contribution in [1.82, 2.24) is 0 Å². The second-order valence-corrected chi connectivity index (χ2v) is 6.59. The molecule has 1 aliphatic rings. The van der Waals surface area contributed by atoms with E-state index in [9.17, 15) is 14.7 Å². The van der Waals surface area contributed by atoms with Gasteiger partial charge >= 0.3 is 0 Å². The number of nitrogens with one attached hydrogen (secondary N) is 1. The van der Waals surface area contributed by atoms with Crippen molar-refractivity contribution in [2.24, 2.45) is 0 Å². The van der Waals surface area contributed by atoms with Gasteiger partial charge in [0.15, 0.2) is 11.4 Å². The van der Waals surface area contributed by atoms with Crippen molar-refractivity contribution in [2.45, 2.75) is 12.0 Å². The summed E-state index contributed by atoms with van der Waals surface area (Å²) in [5, 5.41) is 13.5. The first-order valence-corrected chi connectivity index (χ1v) is 8.27. The number of halogens is 1. The predicted octanol–water partition coefficient (Wildman–Crippen LogP) is 2.88. The molecule has 0 fully saturated rings. The number of fused-ring (bicyclic) bond motifs is 1. The maximum atomic E-state index is 12.8. The zero-order chi connectivity index (χ0) is 18.2. The van der Waals surface area contributed by atoms with Crippen LogP contribution in [0.2, 0.25) is 0 Å². The van der Waals surface area contributed by atoms with Gasteiger partial charge in [-0.3, -0.25) is 9.59 Å². The number of ketones is 1. The van der Waals surface area contributed by atoms with Crippen LogP contribution in [0.25, 0.3) is 0 Å². The number of ether oxygens (including phenoxy) is 2. The molecule has 25 heavy (non-hydrogen) atoms. The number of Topliss-reactive ketones (excluding diaryl/α,β-unsaturated/α-hetero) is 1. The summed E-state index contributed by atoms with van der Waals surface area (Å²) in [6, 6.07) is 9.81. The smallest absolute Gasteiger partial charge is 0.261 e. The van der Waals surface area contributed by atoms with Crippen LogP contribution in [0.3, 0.4) is 0 Å². The topological polar surface area (TPSA) is 84.9 Å². The third-order valence-electron chi connectivity index (χ3n) is 4.18. The fourth-order valence-electron chi connectivity index (χ4n) is 2.85. The van der Waals surface area contributed by atoms with E-state index in [0.29, 0.717) is 27.2 Å². The number of carbonyl (C=O) groups is 2. The zero-order valence-corrected chi connectivity index (χ0v) is 15.2. The normalized spacial score (nSPS) is 18.5. The minimum Gasteiger partial charge on any atom is -0.497 e. The first kappa shape index (κ1) is 17.4. The number of rotatable bonds is 5. The van der Waals surface area contributed by atoms with Crippen molar-refractivity contribution >= 4 is 33.3 Å². The van der Waals surface area contributed by atoms with E-state index in [4.69, 9.17) is 9.47 Å². The van der Waals surface area contributed by atoms with Gasteiger partial charge in [-0.25, -0.2) is 0 Å². The lowest BCUT2D eigenvalue weighted by molar-refractivity contribution is -0.133. The monoisotopic (exact) mass is 405 g/mol. The van der Waals surface area contributed by atoms with Gasteiger partial charge in [0.05, 0.1) is 26.2 Å². The van der Waals surface area contributed by atoms with E-state index in [1.54, 1.807) is 36.4 Å². The minimum atomic E-state index is -1.93. The second-order valence-electron chi connectivity index (χ2n) is 5.67. The minimum absolute atomic E-state index is 0.271. The Morgan fingerprint density at radius 3 is 2.64 bits per heavy atom. The van der Waals surface area contributed by atoms with Gasteiger partial charge < -0.3 is 19.9 Å². The Labute approximate surface area is 152 Å². The van der Waals surface area contributed by atoms with Crippen LogP contribution in [-0.4, -0.2) is 31.0 Å². The molecule has 130 valence electrons. The van der Waals surface area contributed by atoms with Gasteiger partial charge in [-0.05, 0) is 30.3 Å². The van der Waals surface area contributed by atoms with Gasteiger partial charge in [-0.1, -0.05) is 15.9 Å². The maximum absolute atomic E-state index is 12.8. The Morgan fingerprint density at radius 1 is 1.20 bits per heavy atom. The molecular weight excluding hydrogens is 390 g/mol. The molecule has 0 spiro atoms. The van der Waals surface area contributed by atoms with Crippen molar-refractivity contribution in [3.63, 3.8) is 0 Å². The van der Waals surface area contributed by atoms with Crippen LogP contribution in [0, 0.1) is 0 Å². The third-order valence-corrected chi connectivity index (χ3v) is 4.67. The standard InChI is InChI=1S/C18H16BrNO5/c1-24-11-4-5-12(16(8-11)25-2)15(21)9-18(23)13-7-10(19)3-6-14(13)20-17(18)22/h3-8,23H,9H2,1-2H3,(H,20,22). The number of aliphatic hydroxyl groups is 1. The van der Waals surface area contributed by atoms with Crippen LogP contribution in [0.4, 0.5) is 5.69 Å². The third kappa shape index (κ3) is 3.01. The SMILES string of the molecule is COc1ccc(C(=O)CC2(O)C(=O)Nc3ccc(Br)cc32)c(OC)c1. The quantitative estimate of drug-likeness (QED) is 0.747. The lowest BCUT2D eigenvalue weighted by atomic mass is 9.88. The van der Waals surface area contributed by atoms with Crippen molar-refractivity contribution in [3.05, 3.63) is 52.0 Å². The van der Waals surface area contributed by atoms with Crippen LogP contribution in [0.1, 0.15) is 22.3 Å². The molecule has 6 nitrogen and oxygen atoms in total. The van der Waals surface area contributed by atoms with Crippen LogP contribution in [0.15, 0.2) is 40.9 Å². The highest BCUT2D eigenvalue weighted by molar-refractivity contribution is 9.10. The van der Waals surface area contributed by atoms with Crippen LogP contribution in [-0.2, 0) is 10.4 Å². The highest BCUT2D eigenvalue weighted by Gasteiger charge is 2.47. The molecule has 1 unspecified atom stereocenters. The summed E-state index contributed by atoms with van der Waals surface area (Å²) in [4.78, 5) is 25.1. The Balaban J connectivity index is 1.96. The summed E-state index contributed by atoms with van der Waals surface area (Å²) in [6.45, 7) is 0. The van der Waals surface area contributed by atoms with Crippen molar-refractivity contribution in [3.8, 4) is 11.5 Å². The van der Waals surface area contributed by atoms with Crippen LogP contribution in [0.5, 0.6) is 11.5 Å². The fourth-order valence-corrected chi connectivity index (χ4v) is 3.21. The van der Waals surface area contributed by atoms with Crippen LogP contribution >= 0.6 is 15.9 Å². The molecule has 2 aromatic rings. The molecule has 0 aliphatic carbocycles. The number of hydrogen-bond acceptors (Lipinski definition) is 5. The van der Waals surface area contributed by atoms with E-state index >= 15 is 0 Å². The molecule has 0 saturated carbocycles. The largest absolute Gasteiger partial charge is 0.497 e. The van der Waals surface area contributed by atoms with Crippen molar-refractivity contribution < 1.29 is 24.2 Å². The summed E-state index contributed by atoms with van der Waals surface area (Å²) in [5.74, 6) is -0.174. The van der Waals surface area contributed by atoms with Gasteiger partial charge in [0, 0.05) is 21.8 Å². The number of benzene rings is 2. The van der Waals surface area contributed by atoms with Gasteiger partial charge in [-0.15, -0.1) is 0 Å². The number of anilines is 1. The summed E-state index contributed by atoms with van der Waals surface area (Å²) in [7, 11) is 2.95. The molecule has 1 atom stereocenters. The summed E-state index contributed by atoms with van der Waals surface area (Å²) in [5.41, 5.74) is -0.799. The molecule has 1 heterocycles. The Kier molecular flexibility index (Phi) is 4.53. The highest BCUT2D eigenvalue weighted by Crippen LogP contribution is 2.41. The van der Waals surface area contributed by atoms with E-state index in [1.165, 1.54) is 14.2 Å². The van der Waals surface area contributed by atoms with Crippen LogP contribution < -0.4 is 14.8 Å². The Morgan fingerprint density at radius 2 is 1.96 bits per heavy atom. The number of methoxy groups -OCH3 is 2. The first-order valence-electron chi connectivity index (χ1n) is 7.48. The maximum Gasteiger partial charge on any atom is 0.261 e. The average molecular weight is 406 g/mol. The fraction of sp³-hybridized carbons (Fsp3) is 0.222. The molecule has 2 aromatic carbocycles.